The van der Waals surface area contributed by atoms with Crippen molar-refractivity contribution in [3.8, 4) is 0 Å². The molecule has 0 spiro atoms. The average Bonchev–Trinajstić information content (AvgIpc) is 2.98. The molecule has 0 bridgehead atoms. The number of hydrogen-bond acceptors (Lipinski definition) is 5. The highest BCUT2D eigenvalue weighted by molar-refractivity contribution is 9.10. The number of thiazole rings is 1. The molecule has 0 aliphatic carbocycles. The van der Waals surface area contributed by atoms with Gasteiger partial charge >= 0.3 is 0 Å². The van der Waals surface area contributed by atoms with Crippen molar-refractivity contribution in [3.63, 3.8) is 0 Å². The lowest BCUT2D eigenvalue weighted by Crippen LogP contribution is -2.36. The van der Waals surface area contributed by atoms with Crippen LogP contribution in [0.2, 0.25) is 0 Å². The molecule has 2 aromatic rings. The zero-order valence-corrected chi connectivity index (χ0v) is 13.1. The Morgan fingerprint density at radius 2 is 1.95 bits per heavy atom. The first-order valence-electron chi connectivity index (χ1n) is 6.33. The largest absolute Gasteiger partial charge is 0.378 e. The van der Waals surface area contributed by atoms with Crippen LogP contribution in [0.25, 0.3) is 0 Å². The molecule has 0 saturated carbocycles. The maximum atomic E-state index is 12.4. The Morgan fingerprint density at radius 3 is 2.65 bits per heavy atom. The predicted octanol–water partition coefficient (Wildman–Crippen LogP) is 2.97. The third kappa shape index (κ3) is 2.92. The molecule has 0 atom stereocenters. The number of hydrogen-bond donors (Lipinski definition) is 0. The van der Waals surface area contributed by atoms with Crippen molar-refractivity contribution >= 4 is 38.2 Å². The Labute approximate surface area is 129 Å². The highest BCUT2D eigenvalue weighted by Gasteiger charge is 2.18. The fraction of sp³-hybridized carbons (Fsp3) is 0.286. The molecule has 2 heterocycles. The lowest BCUT2D eigenvalue weighted by atomic mass is 10.1. The number of rotatable bonds is 3. The number of halogens is 1. The van der Waals surface area contributed by atoms with Gasteiger partial charge in [-0.1, -0.05) is 27.3 Å². The van der Waals surface area contributed by atoms with Gasteiger partial charge in [0, 0.05) is 23.1 Å². The average molecular weight is 353 g/mol. The second-order valence-corrected chi connectivity index (χ2v) is 6.37. The van der Waals surface area contributed by atoms with Crippen molar-refractivity contribution in [3.05, 3.63) is 45.4 Å². The number of ketones is 1. The molecule has 0 unspecified atom stereocenters. The third-order valence-corrected chi connectivity index (χ3v) is 4.69. The smallest absolute Gasteiger partial charge is 0.204 e. The van der Waals surface area contributed by atoms with Crippen molar-refractivity contribution in [2.75, 3.05) is 31.2 Å². The number of ether oxygens (including phenoxy) is 1. The second-order valence-electron chi connectivity index (χ2n) is 4.44. The van der Waals surface area contributed by atoms with Crippen LogP contribution in [-0.2, 0) is 4.74 Å². The van der Waals surface area contributed by atoms with E-state index in [4.69, 9.17) is 4.74 Å². The van der Waals surface area contributed by atoms with E-state index in [9.17, 15) is 4.79 Å². The molecular formula is C14H13BrN2O2S. The molecule has 1 aliphatic rings. The number of anilines is 1. The zero-order chi connectivity index (χ0) is 13.9. The minimum Gasteiger partial charge on any atom is -0.378 e. The summed E-state index contributed by atoms with van der Waals surface area (Å²) < 4.78 is 6.28. The first-order valence-corrected chi connectivity index (χ1v) is 7.94. The minimum atomic E-state index is 0.0227. The van der Waals surface area contributed by atoms with Gasteiger partial charge in [-0.15, -0.1) is 0 Å². The van der Waals surface area contributed by atoms with E-state index >= 15 is 0 Å². The Hall–Kier alpha value is -1.24. The van der Waals surface area contributed by atoms with Crippen LogP contribution >= 0.6 is 27.3 Å². The van der Waals surface area contributed by atoms with Gasteiger partial charge in [0.25, 0.3) is 0 Å². The quantitative estimate of drug-likeness (QED) is 0.796. The molecule has 4 nitrogen and oxygen atoms in total. The molecule has 1 aliphatic heterocycles. The summed E-state index contributed by atoms with van der Waals surface area (Å²) in [5.74, 6) is 0.0227. The predicted molar refractivity (Wildman–Crippen MR) is 82.7 cm³/mol. The first kappa shape index (κ1) is 13.7. The molecule has 1 aromatic heterocycles. The minimum absolute atomic E-state index is 0.0227. The summed E-state index contributed by atoms with van der Waals surface area (Å²) in [6, 6.07) is 7.38. The molecule has 3 rings (SSSR count). The number of carbonyl (C=O) groups is 1. The molecular weight excluding hydrogens is 340 g/mol. The fourth-order valence-electron chi connectivity index (χ4n) is 2.01. The van der Waals surface area contributed by atoms with E-state index in [0.717, 1.165) is 35.9 Å². The SMILES string of the molecule is O=C(c1ccc(Br)cc1)c1cnc(N2CCOCC2)s1. The summed E-state index contributed by atoms with van der Waals surface area (Å²) in [7, 11) is 0. The van der Waals surface area contributed by atoms with E-state index in [0.29, 0.717) is 10.4 Å². The number of nitrogens with zero attached hydrogens (tertiary/aromatic N) is 2. The summed E-state index contributed by atoms with van der Waals surface area (Å²) in [5, 5.41) is 0.897. The molecule has 0 radical (unpaired) electrons. The van der Waals surface area contributed by atoms with Crippen LogP contribution in [0.1, 0.15) is 15.2 Å². The van der Waals surface area contributed by atoms with E-state index in [-0.39, 0.29) is 5.78 Å². The van der Waals surface area contributed by atoms with Gasteiger partial charge in [0.05, 0.1) is 24.3 Å². The van der Waals surface area contributed by atoms with Gasteiger partial charge in [-0.25, -0.2) is 4.98 Å². The van der Waals surface area contributed by atoms with Gasteiger partial charge in [0.15, 0.2) is 5.13 Å². The van der Waals surface area contributed by atoms with Gasteiger partial charge in [0.2, 0.25) is 5.78 Å². The lowest BCUT2D eigenvalue weighted by Gasteiger charge is -2.25. The highest BCUT2D eigenvalue weighted by atomic mass is 79.9. The number of aromatic nitrogens is 1. The van der Waals surface area contributed by atoms with Crippen molar-refractivity contribution in [2.24, 2.45) is 0 Å². The maximum Gasteiger partial charge on any atom is 0.204 e. The summed E-state index contributed by atoms with van der Waals surface area (Å²) in [6.45, 7) is 3.10. The topological polar surface area (TPSA) is 42.4 Å². The van der Waals surface area contributed by atoms with Crippen molar-refractivity contribution < 1.29 is 9.53 Å². The molecule has 0 amide bonds. The van der Waals surface area contributed by atoms with E-state index in [1.54, 1.807) is 6.20 Å². The van der Waals surface area contributed by atoms with Crippen LogP contribution in [-0.4, -0.2) is 37.1 Å². The summed E-state index contributed by atoms with van der Waals surface area (Å²) in [5.41, 5.74) is 0.686. The zero-order valence-electron chi connectivity index (χ0n) is 10.7. The molecule has 1 aromatic carbocycles. The van der Waals surface area contributed by atoms with Crippen LogP contribution in [0.4, 0.5) is 5.13 Å². The van der Waals surface area contributed by atoms with Crippen LogP contribution in [0, 0.1) is 0 Å². The van der Waals surface area contributed by atoms with E-state index in [1.165, 1.54) is 11.3 Å². The lowest BCUT2D eigenvalue weighted by molar-refractivity contribution is 0.104. The van der Waals surface area contributed by atoms with Gasteiger partial charge in [-0.2, -0.15) is 0 Å². The van der Waals surface area contributed by atoms with E-state index < -0.39 is 0 Å². The van der Waals surface area contributed by atoms with Crippen LogP contribution in [0.15, 0.2) is 34.9 Å². The fourth-order valence-corrected chi connectivity index (χ4v) is 3.21. The van der Waals surface area contributed by atoms with Gasteiger partial charge in [0.1, 0.15) is 0 Å². The summed E-state index contributed by atoms with van der Waals surface area (Å²) in [4.78, 5) is 19.6. The Morgan fingerprint density at radius 1 is 1.25 bits per heavy atom. The molecule has 20 heavy (non-hydrogen) atoms. The first-order chi connectivity index (χ1) is 9.74. The van der Waals surface area contributed by atoms with Crippen molar-refractivity contribution in [2.45, 2.75) is 0 Å². The molecule has 0 N–H and O–H groups in total. The van der Waals surface area contributed by atoms with Crippen LogP contribution in [0.5, 0.6) is 0 Å². The maximum absolute atomic E-state index is 12.4. The van der Waals surface area contributed by atoms with Crippen molar-refractivity contribution in [1.29, 1.82) is 0 Å². The number of morpholine rings is 1. The second kappa shape index (κ2) is 6.03. The summed E-state index contributed by atoms with van der Waals surface area (Å²) >= 11 is 4.81. The monoisotopic (exact) mass is 352 g/mol. The van der Waals surface area contributed by atoms with Gasteiger partial charge < -0.3 is 9.64 Å². The Balaban J connectivity index is 1.78. The standard InChI is InChI=1S/C14H13BrN2O2S/c15-11-3-1-10(2-4-11)13(18)12-9-16-14(20-12)17-5-7-19-8-6-17/h1-4,9H,5-8H2. The van der Waals surface area contributed by atoms with Gasteiger partial charge in [-0.05, 0) is 24.3 Å². The van der Waals surface area contributed by atoms with Gasteiger partial charge in [-0.3, -0.25) is 4.79 Å². The molecule has 104 valence electrons. The molecule has 1 fully saturated rings. The van der Waals surface area contributed by atoms with Crippen LogP contribution < -0.4 is 4.90 Å². The normalized spacial score (nSPS) is 15.3. The third-order valence-electron chi connectivity index (χ3n) is 3.11. The number of benzene rings is 1. The van der Waals surface area contributed by atoms with E-state index in [2.05, 4.69) is 25.8 Å². The summed E-state index contributed by atoms with van der Waals surface area (Å²) in [6.07, 6.45) is 1.67. The highest BCUT2D eigenvalue weighted by Crippen LogP contribution is 2.25. The molecule has 1 saturated heterocycles. The van der Waals surface area contributed by atoms with Crippen molar-refractivity contribution in [1.82, 2.24) is 4.98 Å². The Bertz CT molecular complexity index is 606. The number of carbonyl (C=O) groups excluding carboxylic acids is 1. The van der Waals surface area contributed by atoms with E-state index in [1.807, 2.05) is 24.3 Å². The van der Waals surface area contributed by atoms with Crippen LogP contribution in [0.3, 0.4) is 0 Å². The molecule has 6 heteroatoms. The Kier molecular flexibility index (Phi) is 4.14.